The second-order valence-electron chi connectivity index (χ2n) is 6.41. The number of hydrogen-bond acceptors (Lipinski definition) is 5. The van der Waals surface area contributed by atoms with Crippen LogP contribution >= 0.6 is 11.6 Å². The van der Waals surface area contributed by atoms with Crippen LogP contribution in [0.4, 0.5) is 13.2 Å². The Morgan fingerprint density at radius 2 is 1.63 bits per heavy atom. The van der Waals surface area contributed by atoms with Crippen molar-refractivity contribution in [1.82, 2.24) is 0 Å². The molecule has 3 N–H and O–H groups in total. The number of rotatable bonds is 9. The molecule has 0 heterocycles. The topological polar surface area (TPSA) is 91.0 Å². The highest BCUT2D eigenvalue weighted by Crippen LogP contribution is 2.45. The minimum atomic E-state index is -4.83. The monoisotopic (exact) mass is 447 g/mol. The number of carbonyl (C=O) groups is 1. The van der Waals surface area contributed by atoms with Crippen LogP contribution in [0.15, 0.2) is 42.5 Å². The molecule has 0 saturated carbocycles. The third kappa shape index (κ3) is 5.28. The minimum absolute atomic E-state index is 0.178. The van der Waals surface area contributed by atoms with Gasteiger partial charge < -0.3 is 25.1 Å². The molecule has 2 unspecified atom stereocenters. The lowest BCUT2D eigenvalue weighted by Gasteiger charge is -2.33. The van der Waals surface area contributed by atoms with Crippen LogP contribution in [0.5, 0.6) is 17.2 Å². The fourth-order valence-corrected chi connectivity index (χ4v) is 3.51. The zero-order chi connectivity index (χ0) is 22.5. The van der Waals surface area contributed by atoms with Crippen molar-refractivity contribution in [2.45, 2.75) is 23.6 Å². The molecule has 0 fully saturated rings. The molecule has 0 radical (unpaired) electrons. The van der Waals surface area contributed by atoms with E-state index in [0.29, 0.717) is 22.6 Å². The van der Waals surface area contributed by atoms with Crippen molar-refractivity contribution in [3.63, 3.8) is 0 Å². The quantitative estimate of drug-likeness (QED) is 0.575. The molecule has 2 rings (SSSR count). The van der Waals surface area contributed by atoms with Gasteiger partial charge in [-0.3, -0.25) is 4.79 Å². The SMILES string of the molecule is COc1cccc(OC)c1C(CO)C(Cl)(Cc1ccc(OC(F)(F)F)cc1)C(N)=O. The van der Waals surface area contributed by atoms with Crippen LogP contribution in [-0.2, 0) is 11.2 Å². The summed E-state index contributed by atoms with van der Waals surface area (Å²) >= 11 is 6.66. The Morgan fingerprint density at radius 1 is 1.10 bits per heavy atom. The van der Waals surface area contributed by atoms with Gasteiger partial charge in [0.15, 0.2) is 0 Å². The zero-order valence-corrected chi connectivity index (χ0v) is 17.0. The Balaban J connectivity index is 2.45. The van der Waals surface area contributed by atoms with Gasteiger partial charge in [-0.15, -0.1) is 24.8 Å². The second kappa shape index (κ2) is 9.44. The first-order valence-corrected chi connectivity index (χ1v) is 9.08. The fraction of sp³-hybridized carbons (Fsp3) is 0.350. The lowest BCUT2D eigenvalue weighted by Crippen LogP contribution is -2.47. The maximum Gasteiger partial charge on any atom is 0.573 e. The van der Waals surface area contributed by atoms with Gasteiger partial charge in [0.25, 0.3) is 0 Å². The van der Waals surface area contributed by atoms with Gasteiger partial charge in [0.2, 0.25) is 5.91 Å². The molecule has 0 aromatic heterocycles. The third-order valence-electron chi connectivity index (χ3n) is 4.58. The van der Waals surface area contributed by atoms with Crippen LogP contribution in [0.2, 0.25) is 0 Å². The number of hydrogen-bond donors (Lipinski definition) is 2. The normalized spacial score (nSPS) is 14.5. The van der Waals surface area contributed by atoms with Crippen LogP contribution < -0.4 is 19.9 Å². The number of amides is 1. The Morgan fingerprint density at radius 3 is 2.03 bits per heavy atom. The smallest absolute Gasteiger partial charge is 0.496 e. The van der Waals surface area contributed by atoms with E-state index in [1.807, 2.05) is 0 Å². The predicted octanol–water partition coefficient (Wildman–Crippen LogP) is 3.38. The number of alkyl halides is 4. The summed E-state index contributed by atoms with van der Waals surface area (Å²) in [5.74, 6) is -1.72. The summed E-state index contributed by atoms with van der Waals surface area (Å²) in [6, 6.07) is 9.74. The number of methoxy groups -OCH3 is 2. The zero-order valence-electron chi connectivity index (χ0n) is 16.2. The molecule has 0 aliphatic rings. The number of halogens is 4. The lowest BCUT2D eigenvalue weighted by atomic mass is 9.80. The van der Waals surface area contributed by atoms with Crippen molar-refractivity contribution in [1.29, 1.82) is 0 Å². The summed E-state index contributed by atoms with van der Waals surface area (Å²) in [4.78, 5) is 10.5. The second-order valence-corrected chi connectivity index (χ2v) is 7.08. The van der Waals surface area contributed by atoms with Crippen molar-refractivity contribution in [2.24, 2.45) is 5.73 Å². The van der Waals surface area contributed by atoms with Crippen LogP contribution in [-0.4, -0.2) is 43.1 Å². The number of benzene rings is 2. The van der Waals surface area contributed by atoms with Gasteiger partial charge in [-0.25, -0.2) is 0 Å². The summed E-state index contributed by atoms with van der Waals surface area (Å²) in [6.45, 7) is -0.571. The first-order valence-electron chi connectivity index (χ1n) is 8.71. The van der Waals surface area contributed by atoms with Gasteiger partial charge in [0.05, 0.1) is 20.8 Å². The van der Waals surface area contributed by atoms with E-state index in [9.17, 15) is 23.1 Å². The lowest BCUT2D eigenvalue weighted by molar-refractivity contribution is -0.274. The highest BCUT2D eigenvalue weighted by atomic mass is 35.5. The summed E-state index contributed by atoms with van der Waals surface area (Å²) in [5, 5.41) is 10.1. The van der Waals surface area contributed by atoms with E-state index < -0.39 is 35.4 Å². The van der Waals surface area contributed by atoms with Crippen molar-refractivity contribution in [3.8, 4) is 17.2 Å². The third-order valence-corrected chi connectivity index (χ3v) is 5.16. The summed E-state index contributed by atoms with van der Waals surface area (Å²) < 4.78 is 51.5. The van der Waals surface area contributed by atoms with Gasteiger partial charge in [0.1, 0.15) is 22.1 Å². The number of primary amides is 1. The van der Waals surface area contributed by atoms with Crippen molar-refractivity contribution in [3.05, 3.63) is 53.6 Å². The van der Waals surface area contributed by atoms with Gasteiger partial charge in [0, 0.05) is 17.9 Å². The van der Waals surface area contributed by atoms with Gasteiger partial charge in [-0.2, -0.15) is 0 Å². The van der Waals surface area contributed by atoms with E-state index in [-0.39, 0.29) is 6.42 Å². The first-order chi connectivity index (χ1) is 14.1. The highest BCUT2D eigenvalue weighted by molar-refractivity contribution is 6.35. The molecule has 2 aromatic rings. The molecule has 2 atom stereocenters. The Hall–Kier alpha value is -2.65. The summed E-state index contributed by atoms with van der Waals surface area (Å²) in [6.07, 6.45) is -5.00. The maximum absolute atomic E-state index is 12.4. The number of nitrogens with two attached hydrogens (primary N) is 1. The minimum Gasteiger partial charge on any atom is -0.496 e. The Labute approximate surface area is 176 Å². The molecule has 0 spiro atoms. The number of aliphatic hydroxyl groups is 1. The van der Waals surface area contributed by atoms with Gasteiger partial charge >= 0.3 is 6.36 Å². The van der Waals surface area contributed by atoms with E-state index in [1.165, 1.54) is 26.4 Å². The van der Waals surface area contributed by atoms with E-state index in [4.69, 9.17) is 26.8 Å². The first kappa shape index (κ1) is 23.6. The molecule has 0 saturated heterocycles. The van der Waals surface area contributed by atoms with E-state index in [0.717, 1.165) is 12.1 Å². The molecule has 0 aliphatic carbocycles. The number of ether oxygens (including phenoxy) is 3. The van der Waals surface area contributed by atoms with Crippen LogP contribution in [0.3, 0.4) is 0 Å². The Kier molecular flexibility index (Phi) is 7.44. The molecule has 6 nitrogen and oxygen atoms in total. The van der Waals surface area contributed by atoms with E-state index in [1.54, 1.807) is 18.2 Å². The fourth-order valence-electron chi connectivity index (χ4n) is 3.18. The average molecular weight is 448 g/mol. The van der Waals surface area contributed by atoms with Gasteiger partial charge in [-0.05, 0) is 29.8 Å². The molecular formula is C20H21ClF3NO5. The Bertz CT molecular complexity index is 853. The average Bonchev–Trinajstić information content (AvgIpc) is 2.68. The van der Waals surface area contributed by atoms with Crippen LogP contribution in [0, 0.1) is 0 Å². The molecule has 0 bridgehead atoms. The number of aliphatic hydroxyl groups excluding tert-OH is 1. The van der Waals surface area contributed by atoms with E-state index >= 15 is 0 Å². The molecule has 164 valence electrons. The van der Waals surface area contributed by atoms with Crippen molar-refractivity contribution in [2.75, 3.05) is 20.8 Å². The van der Waals surface area contributed by atoms with Crippen LogP contribution in [0.1, 0.15) is 17.0 Å². The molecule has 2 aromatic carbocycles. The highest BCUT2D eigenvalue weighted by Gasteiger charge is 2.45. The van der Waals surface area contributed by atoms with Crippen LogP contribution in [0.25, 0.3) is 0 Å². The predicted molar refractivity (Wildman–Crippen MR) is 104 cm³/mol. The molecule has 10 heteroatoms. The number of carbonyl (C=O) groups excluding carboxylic acids is 1. The van der Waals surface area contributed by atoms with Gasteiger partial charge in [-0.1, -0.05) is 18.2 Å². The maximum atomic E-state index is 12.4. The largest absolute Gasteiger partial charge is 0.573 e. The molecule has 30 heavy (non-hydrogen) atoms. The van der Waals surface area contributed by atoms with Crippen molar-refractivity contribution < 1.29 is 37.3 Å². The standard InChI is InChI=1S/C20H21ClF3NO5/c1-28-15-4-3-5-16(29-2)17(15)14(11-26)19(21,18(25)27)10-12-6-8-13(9-7-12)30-20(22,23)24/h3-9,14,26H,10-11H2,1-2H3,(H2,25,27). The molecule has 1 amide bonds. The molecule has 0 aliphatic heterocycles. The summed E-state index contributed by atoms with van der Waals surface area (Å²) in [7, 11) is 2.82. The summed E-state index contributed by atoms with van der Waals surface area (Å²) in [5.41, 5.74) is 6.34. The van der Waals surface area contributed by atoms with Crippen molar-refractivity contribution >= 4 is 17.5 Å². The molecular weight excluding hydrogens is 427 g/mol. The van der Waals surface area contributed by atoms with E-state index in [2.05, 4.69) is 4.74 Å².